The standard InChI is InChI=1S/C26H22ClF3N4O2/c27-17-7-8-21-20(14-17)25(11-12-32-25)10-3-13-34(21)24(36)16-6-9-22(31-15-16)33-23(35)18-4-1-2-5-19(18)26(28,29)30/h1-2,4-9,14-15,32H,3,10-13H2,(H,31,33,35). The summed E-state index contributed by atoms with van der Waals surface area (Å²) in [6, 6.07) is 12.9. The molecule has 36 heavy (non-hydrogen) atoms. The summed E-state index contributed by atoms with van der Waals surface area (Å²) >= 11 is 6.28. The Bertz CT molecular complexity index is 1320. The largest absolute Gasteiger partial charge is 0.417 e. The number of carbonyl (C=O) groups is 2. The lowest BCUT2D eigenvalue weighted by Gasteiger charge is -2.44. The van der Waals surface area contributed by atoms with E-state index in [1.807, 2.05) is 12.1 Å². The summed E-state index contributed by atoms with van der Waals surface area (Å²) < 4.78 is 39.7. The van der Waals surface area contributed by atoms with Crippen LogP contribution < -0.4 is 15.5 Å². The van der Waals surface area contributed by atoms with Gasteiger partial charge in [0.25, 0.3) is 11.8 Å². The highest BCUT2D eigenvalue weighted by Crippen LogP contribution is 2.44. The fourth-order valence-corrected chi connectivity index (χ4v) is 5.04. The molecule has 6 nitrogen and oxygen atoms in total. The average molecular weight is 515 g/mol. The second kappa shape index (κ2) is 9.22. The van der Waals surface area contributed by atoms with Gasteiger partial charge in [0.05, 0.1) is 16.7 Å². The van der Waals surface area contributed by atoms with E-state index in [1.54, 1.807) is 11.0 Å². The molecule has 2 aliphatic heterocycles. The highest BCUT2D eigenvalue weighted by molar-refractivity contribution is 6.30. The first-order valence-electron chi connectivity index (χ1n) is 11.5. The lowest BCUT2D eigenvalue weighted by Crippen LogP contribution is -2.54. The SMILES string of the molecule is O=C(Nc1ccc(C(=O)N2CCCC3(CCN3)c3cc(Cl)ccc32)cn1)c1ccccc1C(F)(F)F. The van der Waals surface area contributed by atoms with E-state index in [0.717, 1.165) is 49.2 Å². The van der Waals surface area contributed by atoms with Crippen LogP contribution in [0.3, 0.4) is 0 Å². The Morgan fingerprint density at radius 1 is 1.08 bits per heavy atom. The molecular formula is C26H22ClF3N4O2. The van der Waals surface area contributed by atoms with Crippen LogP contribution in [-0.4, -0.2) is 29.9 Å². The molecule has 1 spiro atoms. The number of hydrogen-bond acceptors (Lipinski definition) is 4. The first-order chi connectivity index (χ1) is 17.2. The number of benzene rings is 2. The molecule has 1 saturated heterocycles. The Morgan fingerprint density at radius 3 is 2.53 bits per heavy atom. The molecule has 1 atom stereocenters. The summed E-state index contributed by atoms with van der Waals surface area (Å²) in [5.74, 6) is -1.16. The minimum absolute atomic E-state index is 0.0363. The number of rotatable bonds is 3. The number of nitrogens with one attached hydrogen (secondary N) is 2. The Morgan fingerprint density at radius 2 is 1.86 bits per heavy atom. The van der Waals surface area contributed by atoms with Gasteiger partial charge in [-0.15, -0.1) is 0 Å². The highest BCUT2D eigenvalue weighted by atomic mass is 35.5. The molecule has 186 valence electrons. The van der Waals surface area contributed by atoms with Gasteiger partial charge >= 0.3 is 6.18 Å². The first-order valence-corrected chi connectivity index (χ1v) is 11.9. The lowest BCUT2D eigenvalue weighted by molar-refractivity contribution is -0.137. The Balaban J connectivity index is 1.37. The molecule has 2 N–H and O–H groups in total. The van der Waals surface area contributed by atoms with E-state index >= 15 is 0 Å². The molecule has 2 aromatic carbocycles. The number of carbonyl (C=O) groups excluding carboxylic acids is 2. The molecule has 5 rings (SSSR count). The van der Waals surface area contributed by atoms with Gasteiger partial charge in [-0.1, -0.05) is 23.7 Å². The van der Waals surface area contributed by atoms with E-state index in [2.05, 4.69) is 15.6 Å². The van der Waals surface area contributed by atoms with Gasteiger partial charge in [0.2, 0.25) is 0 Å². The second-order valence-corrected chi connectivity index (χ2v) is 9.35. The number of anilines is 2. The Hall–Kier alpha value is -3.43. The van der Waals surface area contributed by atoms with Gasteiger partial charge in [-0.3, -0.25) is 9.59 Å². The average Bonchev–Trinajstić information content (AvgIpc) is 3.00. The summed E-state index contributed by atoms with van der Waals surface area (Å²) in [5, 5.41) is 6.49. The van der Waals surface area contributed by atoms with Crippen molar-refractivity contribution >= 4 is 34.9 Å². The van der Waals surface area contributed by atoms with E-state index < -0.39 is 23.2 Å². The molecule has 2 aliphatic rings. The van der Waals surface area contributed by atoms with Gasteiger partial charge in [0.1, 0.15) is 5.82 Å². The Labute approximate surface area is 210 Å². The molecule has 0 saturated carbocycles. The van der Waals surface area contributed by atoms with Crippen molar-refractivity contribution in [1.29, 1.82) is 0 Å². The molecular weight excluding hydrogens is 493 g/mol. The van der Waals surface area contributed by atoms with Gasteiger partial charge < -0.3 is 15.5 Å². The van der Waals surface area contributed by atoms with Crippen LogP contribution in [0.4, 0.5) is 24.7 Å². The maximum absolute atomic E-state index is 13.4. The summed E-state index contributed by atoms with van der Waals surface area (Å²) in [6.07, 6.45) is -0.710. The zero-order valence-electron chi connectivity index (χ0n) is 19.0. The van der Waals surface area contributed by atoms with E-state index in [-0.39, 0.29) is 17.3 Å². The van der Waals surface area contributed by atoms with E-state index in [1.165, 1.54) is 30.5 Å². The third-order valence-electron chi connectivity index (χ3n) is 6.74. The van der Waals surface area contributed by atoms with Crippen LogP contribution in [-0.2, 0) is 11.7 Å². The van der Waals surface area contributed by atoms with Crippen LogP contribution >= 0.6 is 11.6 Å². The Kier molecular flexibility index (Phi) is 6.22. The van der Waals surface area contributed by atoms with Gasteiger partial charge in [0, 0.05) is 29.0 Å². The molecule has 3 heterocycles. The molecule has 0 aliphatic carbocycles. The van der Waals surface area contributed by atoms with E-state index in [9.17, 15) is 22.8 Å². The van der Waals surface area contributed by atoms with Crippen molar-refractivity contribution in [2.45, 2.75) is 31.0 Å². The smallest absolute Gasteiger partial charge is 0.308 e. The van der Waals surface area contributed by atoms with Crippen molar-refractivity contribution in [3.05, 3.63) is 88.1 Å². The molecule has 10 heteroatoms. The zero-order valence-corrected chi connectivity index (χ0v) is 19.8. The van der Waals surface area contributed by atoms with Crippen LogP contribution in [0.25, 0.3) is 0 Å². The summed E-state index contributed by atoms with van der Waals surface area (Å²) in [5.41, 5.74) is 0.344. The van der Waals surface area contributed by atoms with Gasteiger partial charge in [0.15, 0.2) is 0 Å². The molecule has 0 radical (unpaired) electrons. The number of fused-ring (bicyclic) bond motifs is 2. The molecule has 3 aromatic rings. The monoisotopic (exact) mass is 514 g/mol. The zero-order chi connectivity index (χ0) is 25.5. The third-order valence-corrected chi connectivity index (χ3v) is 6.97. The van der Waals surface area contributed by atoms with Gasteiger partial charge in [-0.05, 0) is 73.8 Å². The second-order valence-electron chi connectivity index (χ2n) is 8.91. The molecule has 1 fully saturated rings. The lowest BCUT2D eigenvalue weighted by atomic mass is 9.77. The number of aromatic nitrogens is 1. The van der Waals surface area contributed by atoms with Crippen LogP contribution in [0.1, 0.15) is 51.1 Å². The number of amides is 2. The minimum atomic E-state index is -4.67. The van der Waals surface area contributed by atoms with E-state index in [4.69, 9.17) is 11.6 Å². The van der Waals surface area contributed by atoms with Crippen LogP contribution in [0.2, 0.25) is 5.02 Å². The predicted octanol–water partition coefficient (Wildman–Crippen LogP) is 5.64. The number of halogens is 4. The van der Waals surface area contributed by atoms with Crippen LogP contribution in [0, 0.1) is 0 Å². The van der Waals surface area contributed by atoms with Crippen molar-refractivity contribution in [2.75, 3.05) is 23.3 Å². The molecule has 1 aromatic heterocycles. The van der Waals surface area contributed by atoms with Crippen molar-refractivity contribution < 1.29 is 22.8 Å². The molecule has 2 amide bonds. The number of nitrogens with zero attached hydrogens (tertiary/aromatic N) is 2. The normalized spacial score (nSPS) is 19.3. The predicted molar refractivity (Wildman–Crippen MR) is 130 cm³/mol. The van der Waals surface area contributed by atoms with Crippen molar-refractivity contribution in [1.82, 2.24) is 10.3 Å². The van der Waals surface area contributed by atoms with Crippen LogP contribution in [0.5, 0.6) is 0 Å². The van der Waals surface area contributed by atoms with Gasteiger partial charge in [-0.25, -0.2) is 4.98 Å². The van der Waals surface area contributed by atoms with Crippen molar-refractivity contribution in [3.8, 4) is 0 Å². The maximum Gasteiger partial charge on any atom is 0.417 e. The molecule has 1 unspecified atom stereocenters. The van der Waals surface area contributed by atoms with Crippen molar-refractivity contribution in [2.24, 2.45) is 0 Å². The fraction of sp³-hybridized carbons (Fsp3) is 0.269. The maximum atomic E-state index is 13.4. The number of hydrogen-bond donors (Lipinski definition) is 2. The third kappa shape index (κ3) is 4.44. The number of pyridine rings is 1. The molecule has 0 bridgehead atoms. The van der Waals surface area contributed by atoms with E-state index in [0.29, 0.717) is 17.1 Å². The quantitative estimate of drug-likeness (QED) is 0.475. The van der Waals surface area contributed by atoms with Gasteiger partial charge in [-0.2, -0.15) is 13.2 Å². The summed E-state index contributed by atoms with van der Waals surface area (Å²) in [6.45, 7) is 1.42. The summed E-state index contributed by atoms with van der Waals surface area (Å²) in [7, 11) is 0. The number of alkyl halides is 3. The highest BCUT2D eigenvalue weighted by Gasteiger charge is 2.43. The minimum Gasteiger partial charge on any atom is -0.308 e. The fourth-order valence-electron chi connectivity index (χ4n) is 4.86. The summed E-state index contributed by atoms with van der Waals surface area (Å²) in [4.78, 5) is 31.8. The first kappa shape index (κ1) is 24.3. The topological polar surface area (TPSA) is 74.3 Å². The van der Waals surface area contributed by atoms with Crippen LogP contribution in [0.15, 0.2) is 60.8 Å². The van der Waals surface area contributed by atoms with Crippen molar-refractivity contribution in [3.63, 3.8) is 0 Å².